The Kier molecular flexibility index (Phi) is 8.46. The maximum absolute atomic E-state index is 2.51. The predicted octanol–water partition coefficient (Wildman–Crippen LogP) is 16.1. The average molecular weight is 821 g/mol. The Morgan fingerprint density at radius 1 is 0.344 bits per heavy atom. The Hall–Kier alpha value is -7.42. The lowest BCUT2D eigenvalue weighted by molar-refractivity contribution is 0.320. The largest absolute Gasteiger partial charge is 0.311 e. The van der Waals surface area contributed by atoms with Gasteiger partial charge in [-0.1, -0.05) is 170 Å². The molecule has 4 aliphatic rings. The molecule has 0 amide bonds. The topological polar surface area (TPSA) is 6.48 Å². The van der Waals surface area contributed by atoms with Gasteiger partial charge >= 0.3 is 0 Å². The highest BCUT2D eigenvalue weighted by Gasteiger charge is 2.54. The number of hydrogen-bond acceptors (Lipinski definition) is 2. The van der Waals surface area contributed by atoms with Crippen molar-refractivity contribution in [2.45, 2.75) is 36.5 Å². The van der Waals surface area contributed by atoms with Crippen LogP contribution in [-0.2, 0) is 10.8 Å². The minimum Gasteiger partial charge on any atom is -0.311 e. The van der Waals surface area contributed by atoms with Crippen LogP contribution < -0.4 is 9.80 Å². The first kappa shape index (κ1) is 37.2. The molecule has 1 spiro atoms. The summed E-state index contributed by atoms with van der Waals surface area (Å²) in [5, 5.41) is 0. The van der Waals surface area contributed by atoms with Gasteiger partial charge in [-0.15, -0.1) is 0 Å². The molecule has 2 fully saturated rings. The van der Waals surface area contributed by atoms with Crippen LogP contribution in [0.2, 0.25) is 0 Å². The van der Waals surface area contributed by atoms with Crippen LogP contribution in [0, 0.1) is 11.8 Å². The first-order valence-corrected chi connectivity index (χ1v) is 23.1. The summed E-state index contributed by atoms with van der Waals surface area (Å²) in [7, 11) is 0. The molecule has 0 heterocycles. The Morgan fingerprint density at radius 2 is 0.766 bits per heavy atom. The Labute approximate surface area is 376 Å². The van der Waals surface area contributed by atoms with Gasteiger partial charge < -0.3 is 9.80 Å². The quantitative estimate of drug-likeness (QED) is 0.151. The Balaban J connectivity index is 0.941. The molecule has 2 nitrogen and oxygen atoms in total. The zero-order valence-corrected chi connectivity index (χ0v) is 35.8. The molecule has 2 bridgehead atoms. The summed E-state index contributed by atoms with van der Waals surface area (Å²) in [6, 6.07) is 86.2. The maximum Gasteiger partial charge on any atom is 0.0726 e. The van der Waals surface area contributed by atoms with Gasteiger partial charge in [-0.25, -0.2) is 0 Å². The molecule has 9 aromatic carbocycles. The van der Waals surface area contributed by atoms with Crippen LogP contribution in [0.25, 0.3) is 22.3 Å². The lowest BCUT2D eigenvalue weighted by Crippen LogP contribution is -2.34. The summed E-state index contributed by atoms with van der Waals surface area (Å²) < 4.78 is 0. The summed E-state index contributed by atoms with van der Waals surface area (Å²) in [6.45, 7) is 0. The van der Waals surface area contributed by atoms with Crippen molar-refractivity contribution in [1.82, 2.24) is 0 Å². The Bertz CT molecular complexity index is 3090. The van der Waals surface area contributed by atoms with E-state index in [1.54, 1.807) is 0 Å². The van der Waals surface area contributed by atoms with Crippen LogP contribution in [0.5, 0.6) is 0 Å². The van der Waals surface area contributed by atoms with E-state index < -0.39 is 5.41 Å². The number of benzene rings is 9. The molecule has 64 heavy (non-hydrogen) atoms. The fourth-order valence-electron chi connectivity index (χ4n) is 12.9. The molecule has 4 aliphatic carbocycles. The van der Waals surface area contributed by atoms with Gasteiger partial charge in [0.25, 0.3) is 0 Å². The van der Waals surface area contributed by atoms with E-state index >= 15 is 0 Å². The van der Waals surface area contributed by atoms with Crippen LogP contribution in [0.4, 0.5) is 34.1 Å². The van der Waals surface area contributed by atoms with Gasteiger partial charge in [-0.3, -0.25) is 0 Å². The third-order valence-electron chi connectivity index (χ3n) is 15.4. The number of rotatable bonds is 8. The van der Waals surface area contributed by atoms with E-state index in [4.69, 9.17) is 0 Å². The van der Waals surface area contributed by atoms with Crippen LogP contribution >= 0.6 is 0 Å². The number of anilines is 6. The number of para-hydroxylation sites is 3. The smallest absolute Gasteiger partial charge is 0.0726 e. The van der Waals surface area contributed by atoms with E-state index in [2.05, 4.69) is 240 Å². The summed E-state index contributed by atoms with van der Waals surface area (Å²) >= 11 is 0. The third-order valence-corrected chi connectivity index (χ3v) is 15.4. The van der Waals surface area contributed by atoms with Crippen molar-refractivity contribution in [2.24, 2.45) is 11.8 Å². The molecular formula is C62H48N2. The van der Waals surface area contributed by atoms with Crippen LogP contribution in [0.3, 0.4) is 0 Å². The van der Waals surface area contributed by atoms with Gasteiger partial charge in [-0.2, -0.15) is 0 Å². The third kappa shape index (κ3) is 5.32. The minimum absolute atomic E-state index is 0.0234. The SMILES string of the molecule is c1ccc(N(c2ccccc2)c2ccc(C3(c4ccc(N(c5ccccc5)c5cccc6c5-c5ccccc5C65c6ccccc6-c6ccccc65)cc4)CC4CCC3C4)cc2)cc1. The van der Waals surface area contributed by atoms with E-state index in [0.29, 0.717) is 5.92 Å². The monoisotopic (exact) mass is 820 g/mol. The molecule has 0 N–H and O–H groups in total. The Morgan fingerprint density at radius 3 is 1.27 bits per heavy atom. The number of fused-ring (bicyclic) bond motifs is 12. The fourth-order valence-corrected chi connectivity index (χ4v) is 12.9. The van der Waals surface area contributed by atoms with E-state index in [1.807, 2.05) is 0 Å². The minimum atomic E-state index is -0.399. The van der Waals surface area contributed by atoms with E-state index in [1.165, 1.54) is 98.4 Å². The first-order valence-electron chi connectivity index (χ1n) is 23.1. The van der Waals surface area contributed by atoms with Gasteiger partial charge in [0.05, 0.1) is 11.1 Å². The van der Waals surface area contributed by atoms with Crippen molar-refractivity contribution in [3.8, 4) is 22.3 Å². The molecule has 2 heteroatoms. The molecule has 0 saturated heterocycles. The zero-order valence-electron chi connectivity index (χ0n) is 35.8. The molecule has 0 aliphatic heterocycles. The number of nitrogens with zero attached hydrogens (tertiary/aromatic N) is 2. The van der Waals surface area contributed by atoms with Crippen molar-refractivity contribution in [3.05, 3.63) is 264 Å². The highest BCUT2D eigenvalue weighted by atomic mass is 15.1. The molecule has 2 saturated carbocycles. The molecule has 306 valence electrons. The zero-order chi connectivity index (χ0) is 42.2. The highest BCUT2D eigenvalue weighted by Crippen LogP contribution is 2.65. The summed E-state index contributed by atoms with van der Waals surface area (Å²) in [4.78, 5) is 4.88. The predicted molar refractivity (Wildman–Crippen MR) is 265 cm³/mol. The average Bonchev–Trinajstić information content (AvgIpc) is 4.14. The number of hydrogen-bond donors (Lipinski definition) is 0. The van der Waals surface area contributed by atoms with Crippen molar-refractivity contribution >= 4 is 34.1 Å². The van der Waals surface area contributed by atoms with Gasteiger partial charge in [0, 0.05) is 39.4 Å². The first-order chi connectivity index (χ1) is 31.7. The van der Waals surface area contributed by atoms with Crippen LogP contribution in [-0.4, -0.2) is 0 Å². The molecule has 9 aromatic rings. The van der Waals surface area contributed by atoms with Gasteiger partial charge in [-0.05, 0) is 148 Å². The van der Waals surface area contributed by atoms with E-state index in [9.17, 15) is 0 Å². The molecular weight excluding hydrogens is 773 g/mol. The van der Waals surface area contributed by atoms with Crippen molar-refractivity contribution in [2.75, 3.05) is 9.80 Å². The second-order valence-electron chi connectivity index (χ2n) is 18.4. The standard InChI is InChI=1S/C62H48N2/c1-4-17-47(18-5-1)63(48-19-6-2-7-20-48)50-37-33-44(34-38-50)61(42-43-31-32-46(61)41-43)45-35-39-51(40-36-45)64(49-21-8-3-9-22-49)59-30-16-29-58-60(59)54-25-12-15-28-57(54)62(58)55-26-13-10-23-52(55)53-24-11-14-27-56(53)62/h1-30,33-40,43,46H,31-32,41-42H2. The summed E-state index contributed by atoms with van der Waals surface area (Å²) in [6.07, 6.45) is 5.14. The van der Waals surface area contributed by atoms with E-state index in [-0.39, 0.29) is 5.41 Å². The normalized spacial score (nSPS) is 19.2. The second-order valence-corrected chi connectivity index (χ2v) is 18.4. The summed E-state index contributed by atoms with van der Waals surface area (Å²) in [5.74, 6) is 1.39. The fraction of sp³-hybridized carbons (Fsp3) is 0.129. The molecule has 0 radical (unpaired) electrons. The maximum atomic E-state index is 2.51. The lowest BCUT2D eigenvalue weighted by Gasteiger charge is -2.40. The van der Waals surface area contributed by atoms with Gasteiger partial charge in [0.2, 0.25) is 0 Å². The highest BCUT2D eigenvalue weighted by molar-refractivity contribution is 6.01. The van der Waals surface area contributed by atoms with E-state index in [0.717, 1.165) is 23.0 Å². The molecule has 0 aromatic heterocycles. The van der Waals surface area contributed by atoms with Gasteiger partial charge in [0.1, 0.15) is 0 Å². The molecule has 13 rings (SSSR count). The van der Waals surface area contributed by atoms with Gasteiger partial charge in [0.15, 0.2) is 0 Å². The summed E-state index contributed by atoms with van der Waals surface area (Å²) in [5.41, 5.74) is 20.2. The van der Waals surface area contributed by atoms with Crippen LogP contribution in [0.1, 0.15) is 59.1 Å². The lowest BCUT2D eigenvalue weighted by atomic mass is 9.64. The van der Waals surface area contributed by atoms with Crippen molar-refractivity contribution in [3.63, 3.8) is 0 Å². The second kappa shape index (κ2) is 14.6. The molecule has 3 unspecified atom stereocenters. The van der Waals surface area contributed by atoms with Crippen molar-refractivity contribution in [1.29, 1.82) is 0 Å². The van der Waals surface area contributed by atoms with Crippen LogP contribution in [0.15, 0.2) is 231 Å². The molecule has 3 atom stereocenters. The van der Waals surface area contributed by atoms with Crippen molar-refractivity contribution < 1.29 is 0 Å².